The molecule has 0 spiro atoms. The van der Waals surface area contributed by atoms with Gasteiger partial charge in [-0.2, -0.15) is 30.7 Å². The van der Waals surface area contributed by atoms with E-state index in [2.05, 4.69) is 4.98 Å². The predicted molar refractivity (Wildman–Crippen MR) is 131 cm³/mol. The summed E-state index contributed by atoms with van der Waals surface area (Å²) >= 11 is 0. The first-order valence-electron chi connectivity index (χ1n) is 12.8. The number of halogens is 8. The van der Waals surface area contributed by atoms with E-state index in [9.17, 15) is 39.9 Å². The molecule has 3 heterocycles. The summed E-state index contributed by atoms with van der Waals surface area (Å²) in [5, 5.41) is 0. The number of rotatable bonds is 5. The third-order valence-electron chi connectivity index (χ3n) is 7.79. The highest BCUT2D eigenvalue weighted by Crippen LogP contribution is 2.46. The monoisotopic (exact) mass is 584 g/mol. The number of carbonyl (C=O) groups is 1. The van der Waals surface area contributed by atoms with E-state index in [1.807, 2.05) is 0 Å². The lowest BCUT2D eigenvalue weighted by Gasteiger charge is -2.37. The van der Waals surface area contributed by atoms with Gasteiger partial charge in [-0.25, -0.2) is 9.37 Å². The van der Waals surface area contributed by atoms with Crippen LogP contribution in [0.15, 0.2) is 60.8 Å². The van der Waals surface area contributed by atoms with Crippen LogP contribution in [0.2, 0.25) is 0 Å². The molecule has 2 unspecified atom stereocenters. The van der Waals surface area contributed by atoms with Crippen LogP contribution in [0.4, 0.5) is 35.1 Å². The van der Waals surface area contributed by atoms with Crippen LogP contribution in [0.25, 0.3) is 0 Å². The second-order valence-corrected chi connectivity index (χ2v) is 10.4. The van der Waals surface area contributed by atoms with Crippen molar-refractivity contribution in [3.63, 3.8) is 0 Å². The first kappa shape index (κ1) is 29.0. The molecule has 2 aliphatic rings. The van der Waals surface area contributed by atoms with Crippen molar-refractivity contribution in [1.82, 2.24) is 9.88 Å². The Kier molecular flexibility index (Phi) is 7.56. The minimum atomic E-state index is -5.02. The van der Waals surface area contributed by atoms with Gasteiger partial charge in [0.15, 0.2) is 0 Å². The van der Waals surface area contributed by atoms with Crippen molar-refractivity contribution >= 4 is 5.91 Å². The Balaban J connectivity index is 1.49. The van der Waals surface area contributed by atoms with Crippen LogP contribution in [-0.4, -0.2) is 34.5 Å². The van der Waals surface area contributed by atoms with Gasteiger partial charge in [0.25, 0.3) is 0 Å². The number of pyridine rings is 1. The van der Waals surface area contributed by atoms with Gasteiger partial charge in [-0.3, -0.25) is 4.79 Å². The number of fused-ring (bicyclic) bond motifs is 1. The number of aromatic nitrogens is 1. The van der Waals surface area contributed by atoms with E-state index in [0.29, 0.717) is 29.7 Å². The summed E-state index contributed by atoms with van der Waals surface area (Å²) in [4.78, 5) is 18.4. The molecular weight excluding hydrogens is 560 g/mol. The standard InChI is InChI=1S/C29H24F8N2O2/c1-15(18-8-20(28(32,33)34)13-21(9-18)29(35,36)37)41-24-14-39-23(27(24)16-2-4-22(30)5-3-16)10-19(12-26(39)40)17-6-7-38-25(31)11-17/h2-9,11,13,15,19,23-24,27H,10,12,14H2,1H3/t15-,19?,23+,24+,27?/m1/s1. The van der Waals surface area contributed by atoms with Gasteiger partial charge >= 0.3 is 12.4 Å². The van der Waals surface area contributed by atoms with Gasteiger partial charge in [0.05, 0.1) is 23.3 Å². The molecule has 41 heavy (non-hydrogen) atoms. The number of amides is 1. The molecule has 5 rings (SSSR count). The minimum Gasteiger partial charge on any atom is -0.368 e. The lowest BCUT2D eigenvalue weighted by atomic mass is 9.79. The number of hydrogen-bond donors (Lipinski definition) is 0. The smallest absolute Gasteiger partial charge is 0.368 e. The van der Waals surface area contributed by atoms with Gasteiger partial charge in [-0.15, -0.1) is 0 Å². The molecule has 5 atom stereocenters. The summed E-state index contributed by atoms with van der Waals surface area (Å²) in [7, 11) is 0. The van der Waals surface area contributed by atoms with Crippen LogP contribution in [0.1, 0.15) is 65.5 Å². The summed E-state index contributed by atoms with van der Waals surface area (Å²) in [6, 6.07) is 9.12. The molecule has 2 aliphatic heterocycles. The van der Waals surface area contributed by atoms with E-state index in [0.717, 1.165) is 0 Å². The molecule has 1 aromatic heterocycles. The quantitative estimate of drug-likeness (QED) is 0.232. The molecule has 1 amide bonds. The van der Waals surface area contributed by atoms with E-state index < -0.39 is 59.4 Å². The van der Waals surface area contributed by atoms with Crippen molar-refractivity contribution in [3.05, 3.63) is 100 Å². The molecule has 4 nitrogen and oxygen atoms in total. The Bertz CT molecular complexity index is 1390. The zero-order chi connectivity index (χ0) is 29.7. The number of piperidine rings is 1. The second-order valence-electron chi connectivity index (χ2n) is 10.4. The zero-order valence-corrected chi connectivity index (χ0v) is 21.5. The van der Waals surface area contributed by atoms with Crippen LogP contribution in [-0.2, 0) is 21.9 Å². The molecule has 0 N–H and O–H groups in total. The average Bonchev–Trinajstić information content (AvgIpc) is 3.26. The first-order valence-corrected chi connectivity index (χ1v) is 12.8. The SMILES string of the molecule is C[C@@H](O[C@H]1CN2C(=O)CC(c3ccnc(F)c3)C[C@H]2C1c1ccc(F)cc1)c1cc(C(F)(F)F)cc(C(F)(F)F)c1. The predicted octanol–water partition coefficient (Wildman–Crippen LogP) is 7.42. The maximum absolute atomic E-state index is 13.8. The maximum Gasteiger partial charge on any atom is 0.416 e. The molecule has 0 radical (unpaired) electrons. The fraction of sp³-hybridized carbons (Fsp3) is 0.379. The number of carbonyl (C=O) groups excluding carboxylic acids is 1. The average molecular weight is 585 g/mol. The molecule has 0 aliphatic carbocycles. The number of benzene rings is 2. The minimum absolute atomic E-state index is 0.0262. The van der Waals surface area contributed by atoms with Crippen LogP contribution in [0.3, 0.4) is 0 Å². The Morgan fingerprint density at radius 3 is 2.12 bits per heavy atom. The van der Waals surface area contributed by atoms with E-state index in [4.69, 9.17) is 4.74 Å². The highest BCUT2D eigenvalue weighted by atomic mass is 19.4. The van der Waals surface area contributed by atoms with Gasteiger partial charge in [-0.05, 0) is 78.4 Å². The third-order valence-corrected chi connectivity index (χ3v) is 7.79. The third kappa shape index (κ3) is 6.07. The number of nitrogens with zero attached hydrogens (tertiary/aromatic N) is 2. The molecule has 3 aromatic rings. The highest BCUT2D eigenvalue weighted by Gasteiger charge is 2.49. The maximum atomic E-state index is 13.8. The fourth-order valence-corrected chi connectivity index (χ4v) is 5.88. The molecule has 2 aromatic carbocycles. The Hall–Kier alpha value is -3.54. The number of ether oxygens (including phenoxy) is 1. The second kappa shape index (κ2) is 10.7. The molecule has 218 valence electrons. The summed E-state index contributed by atoms with van der Waals surface area (Å²) in [6.07, 6.45) is -10.3. The van der Waals surface area contributed by atoms with Crippen LogP contribution < -0.4 is 0 Å². The topological polar surface area (TPSA) is 42.4 Å². The highest BCUT2D eigenvalue weighted by molar-refractivity contribution is 5.79. The van der Waals surface area contributed by atoms with E-state index in [-0.39, 0.29) is 36.4 Å². The largest absolute Gasteiger partial charge is 0.416 e. The first-order chi connectivity index (χ1) is 19.2. The molecule has 2 fully saturated rings. The van der Waals surface area contributed by atoms with Crippen molar-refractivity contribution in [2.75, 3.05) is 6.54 Å². The van der Waals surface area contributed by atoms with Crippen molar-refractivity contribution in [3.8, 4) is 0 Å². The molecular formula is C29H24F8N2O2. The van der Waals surface area contributed by atoms with Gasteiger partial charge in [0, 0.05) is 31.1 Å². The molecule has 12 heteroatoms. The molecule has 0 saturated carbocycles. The Morgan fingerprint density at radius 1 is 0.902 bits per heavy atom. The Labute approximate surface area is 229 Å². The van der Waals surface area contributed by atoms with Crippen LogP contribution in [0.5, 0.6) is 0 Å². The van der Waals surface area contributed by atoms with Crippen molar-refractivity contribution < 1.29 is 44.7 Å². The van der Waals surface area contributed by atoms with Crippen molar-refractivity contribution in [2.45, 2.75) is 62.2 Å². The molecule has 0 bridgehead atoms. The van der Waals surface area contributed by atoms with Crippen molar-refractivity contribution in [1.29, 1.82) is 0 Å². The number of hydrogen-bond acceptors (Lipinski definition) is 3. The Morgan fingerprint density at radius 2 is 1.54 bits per heavy atom. The van der Waals surface area contributed by atoms with Crippen LogP contribution in [0, 0.1) is 11.8 Å². The summed E-state index contributed by atoms with van der Waals surface area (Å²) < 4.78 is 114. The van der Waals surface area contributed by atoms with E-state index in [1.165, 1.54) is 43.5 Å². The van der Waals surface area contributed by atoms with Gasteiger partial charge in [0.2, 0.25) is 11.9 Å². The fourth-order valence-electron chi connectivity index (χ4n) is 5.88. The van der Waals surface area contributed by atoms with Crippen LogP contribution >= 0.6 is 0 Å². The summed E-state index contributed by atoms with van der Waals surface area (Å²) in [5.41, 5.74) is -2.08. The number of alkyl halides is 6. The zero-order valence-electron chi connectivity index (χ0n) is 21.5. The summed E-state index contributed by atoms with van der Waals surface area (Å²) in [5.74, 6) is -2.41. The van der Waals surface area contributed by atoms with Gasteiger partial charge < -0.3 is 9.64 Å². The normalized spacial score (nSPS) is 23.9. The van der Waals surface area contributed by atoms with E-state index >= 15 is 0 Å². The van der Waals surface area contributed by atoms with E-state index in [1.54, 1.807) is 11.0 Å². The lowest BCUT2D eigenvalue weighted by Crippen LogP contribution is -2.43. The lowest BCUT2D eigenvalue weighted by molar-refractivity contribution is -0.143. The van der Waals surface area contributed by atoms with Gasteiger partial charge in [0.1, 0.15) is 5.82 Å². The molecule has 2 saturated heterocycles. The van der Waals surface area contributed by atoms with Gasteiger partial charge in [-0.1, -0.05) is 12.1 Å². The van der Waals surface area contributed by atoms with Crippen molar-refractivity contribution in [2.24, 2.45) is 0 Å². The summed E-state index contributed by atoms with van der Waals surface area (Å²) in [6.45, 7) is 1.37.